The van der Waals surface area contributed by atoms with E-state index in [1.807, 2.05) is 0 Å². The molecule has 0 unspecified atom stereocenters. The molecule has 0 aliphatic rings. The van der Waals surface area contributed by atoms with E-state index in [9.17, 15) is 0 Å². The number of hydrogen-bond acceptors (Lipinski definition) is 5. The molecule has 4 nitrogen and oxygen atoms in total. The summed E-state index contributed by atoms with van der Waals surface area (Å²) >= 11 is 1.68. The normalized spacial score (nSPS) is 11.7. The monoisotopic (exact) mass is 645 g/mol. The molecule has 2 aromatic rings. The Morgan fingerprint density at radius 1 is 0.400 bits per heavy atom. The highest BCUT2D eigenvalue weighted by atomic mass is 32.1. The quantitative estimate of drug-likeness (QED) is 0.0711. The Bertz CT molecular complexity index is 832. The topological polar surface area (TPSA) is 44.2 Å². The van der Waals surface area contributed by atoms with Crippen molar-refractivity contribution < 1.29 is 9.47 Å². The van der Waals surface area contributed by atoms with Crippen molar-refractivity contribution >= 4 is 22.4 Å². The molecule has 0 spiro atoms. The summed E-state index contributed by atoms with van der Waals surface area (Å²) in [5.74, 6) is 0. The van der Waals surface area contributed by atoms with Crippen LogP contribution in [0.2, 0.25) is 0 Å². The minimum atomic E-state index is 0.732. The van der Waals surface area contributed by atoms with E-state index in [0.717, 1.165) is 61.7 Å². The second-order valence-electron chi connectivity index (χ2n) is 13.5. The summed E-state index contributed by atoms with van der Waals surface area (Å²) in [5, 5.41) is 4.21. The maximum atomic E-state index is 6.02. The Kier molecular flexibility index (Phi) is 27.0. The third-order valence-corrected chi connectivity index (χ3v) is 9.94. The molecular weight excluding hydrogens is 573 g/mol. The van der Waals surface area contributed by atoms with Crippen molar-refractivity contribution in [3.8, 4) is 0 Å². The van der Waals surface area contributed by atoms with Crippen LogP contribution in [0.15, 0.2) is 10.8 Å². The average Bonchev–Trinajstić information content (AvgIpc) is 3.51. The zero-order chi connectivity index (χ0) is 31.9. The van der Waals surface area contributed by atoms with Crippen LogP contribution in [0.5, 0.6) is 0 Å². The first-order chi connectivity index (χ1) is 22.3. The molecule has 0 fully saturated rings. The van der Waals surface area contributed by atoms with Gasteiger partial charge in [0.2, 0.25) is 0 Å². The number of nitrogens with zero attached hydrogens (tertiary/aromatic N) is 2. The zero-order valence-electron chi connectivity index (χ0n) is 29.9. The molecule has 260 valence electrons. The lowest BCUT2D eigenvalue weighted by molar-refractivity contribution is 0.128. The van der Waals surface area contributed by atoms with Gasteiger partial charge in [-0.3, -0.25) is 0 Å². The van der Waals surface area contributed by atoms with E-state index in [0.29, 0.717) is 0 Å². The van der Waals surface area contributed by atoms with Gasteiger partial charge >= 0.3 is 0 Å². The van der Waals surface area contributed by atoms with Crippen LogP contribution >= 0.6 is 11.3 Å². The molecule has 45 heavy (non-hydrogen) atoms. The Morgan fingerprint density at radius 2 is 0.689 bits per heavy atom. The van der Waals surface area contributed by atoms with E-state index < -0.39 is 0 Å². The summed E-state index contributed by atoms with van der Waals surface area (Å²) < 4.78 is 12.0. The SMILES string of the molecule is CCCCCCCCCCCCCCCOCCc1nc2cscc2nc1CCOCCCCCCCCCCCCCCC. The van der Waals surface area contributed by atoms with Crippen molar-refractivity contribution in [2.75, 3.05) is 26.4 Å². The van der Waals surface area contributed by atoms with E-state index in [1.165, 1.54) is 167 Å². The number of fused-ring (bicyclic) bond motifs is 1. The van der Waals surface area contributed by atoms with Gasteiger partial charge in [0.25, 0.3) is 0 Å². The number of hydrogen-bond donors (Lipinski definition) is 0. The van der Waals surface area contributed by atoms with E-state index in [1.54, 1.807) is 11.3 Å². The van der Waals surface area contributed by atoms with Crippen LogP contribution in [-0.4, -0.2) is 36.4 Å². The predicted octanol–water partition coefficient (Wildman–Crippen LogP) is 13.0. The lowest BCUT2D eigenvalue weighted by Gasteiger charge is -2.10. The Labute approximate surface area is 283 Å². The lowest BCUT2D eigenvalue weighted by Crippen LogP contribution is -2.10. The van der Waals surface area contributed by atoms with Crippen LogP contribution in [0.25, 0.3) is 11.0 Å². The van der Waals surface area contributed by atoms with Gasteiger partial charge in [0.15, 0.2) is 0 Å². The van der Waals surface area contributed by atoms with Gasteiger partial charge < -0.3 is 9.47 Å². The maximum absolute atomic E-state index is 6.02. The maximum Gasteiger partial charge on any atom is 0.0997 e. The van der Waals surface area contributed by atoms with Gasteiger partial charge in [-0.05, 0) is 12.8 Å². The van der Waals surface area contributed by atoms with Crippen molar-refractivity contribution in [2.45, 2.75) is 194 Å². The van der Waals surface area contributed by atoms with Crippen molar-refractivity contribution in [3.63, 3.8) is 0 Å². The molecule has 0 amide bonds. The van der Waals surface area contributed by atoms with Crippen LogP contribution < -0.4 is 0 Å². The lowest BCUT2D eigenvalue weighted by atomic mass is 10.0. The minimum Gasteiger partial charge on any atom is -0.381 e. The van der Waals surface area contributed by atoms with Crippen LogP contribution in [0, 0.1) is 0 Å². The molecule has 0 saturated carbocycles. The van der Waals surface area contributed by atoms with Crippen LogP contribution in [-0.2, 0) is 22.3 Å². The molecule has 0 atom stereocenters. The standard InChI is InChI=1S/C40H72N2O2S/c1-3-5-7-9-11-13-15-17-19-21-23-25-27-31-43-33-29-37-38(42-40-36-45-35-39(40)41-37)30-34-44-32-28-26-24-22-20-18-16-14-12-10-8-6-4-2/h35-36H,3-34H2,1-2H3. The summed E-state index contributed by atoms with van der Waals surface area (Å²) in [5.41, 5.74) is 4.22. The summed E-state index contributed by atoms with van der Waals surface area (Å²) in [4.78, 5) is 9.89. The predicted molar refractivity (Wildman–Crippen MR) is 198 cm³/mol. The van der Waals surface area contributed by atoms with Gasteiger partial charge in [-0.2, -0.15) is 0 Å². The van der Waals surface area contributed by atoms with Crippen molar-refractivity contribution in [1.29, 1.82) is 0 Å². The second kappa shape index (κ2) is 30.3. The fourth-order valence-electron chi connectivity index (χ4n) is 6.26. The second-order valence-corrected chi connectivity index (χ2v) is 14.2. The highest BCUT2D eigenvalue weighted by Gasteiger charge is 2.10. The van der Waals surface area contributed by atoms with Crippen LogP contribution in [0.3, 0.4) is 0 Å². The summed E-state index contributed by atoms with van der Waals surface area (Å²) in [6.07, 6.45) is 37.7. The largest absolute Gasteiger partial charge is 0.381 e. The van der Waals surface area contributed by atoms with Crippen molar-refractivity contribution in [1.82, 2.24) is 9.97 Å². The molecule has 5 heteroatoms. The minimum absolute atomic E-state index is 0.732. The molecule has 0 aliphatic carbocycles. The highest BCUT2D eigenvalue weighted by Crippen LogP contribution is 2.19. The number of aromatic nitrogens is 2. The number of unbranched alkanes of at least 4 members (excludes halogenated alkanes) is 24. The molecular formula is C40H72N2O2S. The molecule has 0 bridgehead atoms. The highest BCUT2D eigenvalue weighted by molar-refractivity contribution is 7.09. The van der Waals surface area contributed by atoms with Gasteiger partial charge in [0, 0.05) is 36.8 Å². The first kappa shape index (κ1) is 40.1. The van der Waals surface area contributed by atoms with E-state index >= 15 is 0 Å². The summed E-state index contributed by atoms with van der Waals surface area (Å²) in [7, 11) is 0. The van der Waals surface area contributed by atoms with Crippen molar-refractivity contribution in [2.24, 2.45) is 0 Å². The van der Waals surface area contributed by atoms with Crippen LogP contribution in [0.1, 0.15) is 192 Å². The number of rotatable bonds is 34. The Hall–Kier alpha value is -1.04. The zero-order valence-corrected chi connectivity index (χ0v) is 30.7. The molecule has 0 N–H and O–H groups in total. The van der Waals surface area contributed by atoms with Crippen LogP contribution in [0.4, 0.5) is 0 Å². The van der Waals surface area contributed by atoms with Gasteiger partial charge in [-0.25, -0.2) is 9.97 Å². The Morgan fingerprint density at radius 3 is 1.00 bits per heavy atom. The van der Waals surface area contributed by atoms with Gasteiger partial charge in [0.05, 0.1) is 35.6 Å². The van der Waals surface area contributed by atoms with E-state index in [-0.39, 0.29) is 0 Å². The Balaban J connectivity index is 1.45. The molecule has 2 aromatic heterocycles. The fourth-order valence-corrected chi connectivity index (χ4v) is 6.93. The number of ether oxygens (including phenoxy) is 2. The number of thiophene rings is 1. The molecule has 0 saturated heterocycles. The first-order valence-corrected chi connectivity index (χ1v) is 20.7. The first-order valence-electron chi connectivity index (χ1n) is 19.7. The molecule has 2 heterocycles. The summed E-state index contributed by atoms with van der Waals surface area (Å²) in [6, 6.07) is 0. The fraction of sp³-hybridized carbons (Fsp3) is 0.850. The molecule has 2 rings (SSSR count). The van der Waals surface area contributed by atoms with Crippen molar-refractivity contribution in [3.05, 3.63) is 22.1 Å². The molecule has 0 radical (unpaired) electrons. The summed E-state index contributed by atoms with van der Waals surface area (Å²) in [6.45, 7) is 7.78. The van der Waals surface area contributed by atoms with Gasteiger partial charge in [-0.1, -0.05) is 168 Å². The van der Waals surface area contributed by atoms with E-state index in [2.05, 4.69) is 24.6 Å². The third-order valence-electron chi connectivity index (χ3n) is 9.22. The third kappa shape index (κ3) is 22.2. The molecule has 0 aromatic carbocycles. The van der Waals surface area contributed by atoms with Gasteiger partial charge in [0.1, 0.15) is 0 Å². The average molecular weight is 645 g/mol. The smallest absolute Gasteiger partial charge is 0.0997 e. The van der Waals surface area contributed by atoms with Gasteiger partial charge in [-0.15, -0.1) is 11.3 Å². The van der Waals surface area contributed by atoms with E-state index in [4.69, 9.17) is 19.4 Å². The molecule has 0 aliphatic heterocycles.